The summed E-state index contributed by atoms with van der Waals surface area (Å²) in [6.07, 6.45) is 1.36. The molecule has 2 N–H and O–H groups in total. The van der Waals surface area contributed by atoms with Gasteiger partial charge in [-0.05, 0) is 61.7 Å². The number of amides is 2. The van der Waals surface area contributed by atoms with Crippen molar-refractivity contribution >= 4 is 17.5 Å². The minimum Gasteiger partial charge on any atom is -0.494 e. The number of hydrogen-bond donors (Lipinski definition) is 2. The molecular formula is C22H25FN2O4. The highest BCUT2D eigenvalue weighted by Crippen LogP contribution is 2.34. The number of rotatable bonds is 6. The van der Waals surface area contributed by atoms with Crippen molar-refractivity contribution in [2.45, 2.75) is 25.2 Å². The van der Waals surface area contributed by atoms with Gasteiger partial charge >= 0.3 is 11.8 Å². The van der Waals surface area contributed by atoms with Crippen LogP contribution in [0.15, 0.2) is 48.5 Å². The van der Waals surface area contributed by atoms with Gasteiger partial charge in [-0.1, -0.05) is 12.1 Å². The van der Waals surface area contributed by atoms with Gasteiger partial charge in [0.05, 0.1) is 6.61 Å². The van der Waals surface area contributed by atoms with Crippen molar-refractivity contribution < 1.29 is 23.5 Å². The van der Waals surface area contributed by atoms with Crippen LogP contribution in [-0.4, -0.2) is 38.2 Å². The maximum Gasteiger partial charge on any atom is 0.313 e. The largest absolute Gasteiger partial charge is 0.494 e. The van der Waals surface area contributed by atoms with E-state index in [-0.39, 0.29) is 17.8 Å². The summed E-state index contributed by atoms with van der Waals surface area (Å²) in [4.78, 5) is 24.6. The lowest BCUT2D eigenvalue weighted by Gasteiger charge is -2.37. The van der Waals surface area contributed by atoms with Crippen molar-refractivity contribution in [1.82, 2.24) is 5.32 Å². The number of benzene rings is 2. The van der Waals surface area contributed by atoms with Gasteiger partial charge in [0, 0.05) is 30.9 Å². The first-order chi connectivity index (χ1) is 14.0. The zero-order valence-electron chi connectivity index (χ0n) is 16.4. The van der Waals surface area contributed by atoms with Crippen LogP contribution in [0.1, 0.15) is 25.3 Å². The summed E-state index contributed by atoms with van der Waals surface area (Å²) in [6.45, 7) is 3.81. The van der Waals surface area contributed by atoms with Crippen LogP contribution in [0.5, 0.6) is 5.75 Å². The van der Waals surface area contributed by atoms with Crippen LogP contribution in [0.2, 0.25) is 0 Å². The van der Waals surface area contributed by atoms with Gasteiger partial charge in [-0.3, -0.25) is 9.59 Å². The van der Waals surface area contributed by atoms with E-state index >= 15 is 0 Å². The SMILES string of the molecule is CCOc1ccc(NC(=O)C(=O)NCC2(c3ccc(F)cc3)CCOCC2)cc1. The summed E-state index contributed by atoms with van der Waals surface area (Å²) in [5.74, 6) is -1.08. The number of nitrogens with one attached hydrogen (secondary N) is 2. The van der Waals surface area contributed by atoms with E-state index in [1.807, 2.05) is 6.92 Å². The van der Waals surface area contributed by atoms with Crippen molar-refractivity contribution in [2.75, 3.05) is 31.7 Å². The third-order valence-electron chi connectivity index (χ3n) is 5.12. The molecule has 0 radical (unpaired) electrons. The molecule has 3 rings (SSSR count). The second-order valence-electron chi connectivity index (χ2n) is 6.99. The van der Waals surface area contributed by atoms with Crippen molar-refractivity contribution in [3.63, 3.8) is 0 Å². The van der Waals surface area contributed by atoms with Crippen molar-refractivity contribution in [3.05, 3.63) is 59.9 Å². The molecule has 154 valence electrons. The van der Waals surface area contributed by atoms with Gasteiger partial charge in [0.2, 0.25) is 0 Å². The Bertz CT molecular complexity index is 831. The second-order valence-corrected chi connectivity index (χ2v) is 6.99. The van der Waals surface area contributed by atoms with Crippen LogP contribution in [0.25, 0.3) is 0 Å². The second kappa shape index (κ2) is 9.52. The Labute approximate surface area is 169 Å². The van der Waals surface area contributed by atoms with Crippen LogP contribution in [-0.2, 0) is 19.7 Å². The molecule has 0 spiro atoms. The predicted octanol–water partition coefficient (Wildman–Crippen LogP) is 3.03. The number of ether oxygens (including phenoxy) is 2. The Kier molecular flexibility index (Phi) is 6.82. The fourth-order valence-corrected chi connectivity index (χ4v) is 3.45. The van der Waals surface area contributed by atoms with Gasteiger partial charge in [0.15, 0.2) is 0 Å². The Hall–Kier alpha value is -2.93. The highest BCUT2D eigenvalue weighted by atomic mass is 19.1. The topological polar surface area (TPSA) is 76.7 Å². The molecule has 29 heavy (non-hydrogen) atoms. The molecule has 0 atom stereocenters. The minimum atomic E-state index is -0.740. The van der Waals surface area contributed by atoms with Crippen LogP contribution in [0, 0.1) is 5.82 Å². The summed E-state index contributed by atoms with van der Waals surface area (Å²) < 4.78 is 24.1. The van der Waals surface area contributed by atoms with Crippen LogP contribution in [0.4, 0.5) is 10.1 Å². The number of hydrogen-bond acceptors (Lipinski definition) is 4. The molecule has 1 fully saturated rings. The Morgan fingerprint density at radius 3 is 2.31 bits per heavy atom. The minimum absolute atomic E-state index is 0.275. The van der Waals surface area contributed by atoms with E-state index in [9.17, 15) is 14.0 Å². The van der Waals surface area contributed by atoms with E-state index in [0.717, 1.165) is 5.56 Å². The maximum absolute atomic E-state index is 13.3. The molecule has 2 aromatic carbocycles. The first kappa shape index (κ1) is 20.8. The summed E-state index contributed by atoms with van der Waals surface area (Å²) in [5.41, 5.74) is 1.04. The zero-order valence-corrected chi connectivity index (χ0v) is 16.4. The van der Waals surface area contributed by atoms with Crippen molar-refractivity contribution in [3.8, 4) is 5.75 Å². The fourth-order valence-electron chi connectivity index (χ4n) is 3.45. The number of anilines is 1. The number of halogens is 1. The predicted molar refractivity (Wildman–Crippen MR) is 107 cm³/mol. The molecule has 7 heteroatoms. The van der Waals surface area contributed by atoms with Crippen LogP contribution >= 0.6 is 0 Å². The first-order valence-corrected chi connectivity index (χ1v) is 9.68. The smallest absolute Gasteiger partial charge is 0.313 e. The molecule has 2 amide bonds. The highest BCUT2D eigenvalue weighted by molar-refractivity contribution is 6.39. The third kappa shape index (κ3) is 5.32. The Morgan fingerprint density at radius 2 is 1.69 bits per heavy atom. The summed E-state index contributed by atoms with van der Waals surface area (Å²) >= 11 is 0. The molecule has 2 aromatic rings. The normalized spacial score (nSPS) is 15.4. The highest BCUT2D eigenvalue weighted by Gasteiger charge is 2.35. The summed E-state index contributed by atoms with van der Waals surface area (Å²) in [6, 6.07) is 13.1. The molecular weight excluding hydrogens is 375 g/mol. The van der Waals surface area contributed by atoms with E-state index in [4.69, 9.17) is 9.47 Å². The van der Waals surface area contributed by atoms with E-state index in [1.165, 1.54) is 12.1 Å². The molecule has 1 aliphatic heterocycles. The summed E-state index contributed by atoms with van der Waals surface area (Å²) in [7, 11) is 0. The molecule has 1 saturated heterocycles. The van der Waals surface area contributed by atoms with E-state index < -0.39 is 11.8 Å². The van der Waals surface area contributed by atoms with Crippen LogP contribution in [0.3, 0.4) is 0 Å². The molecule has 1 aliphatic rings. The van der Waals surface area contributed by atoms with Gasteiger partial charge in [-0.15, -0.1) is 0 Å². The van der Waals surface area contributed by atoms with Gasteiger partial charge < -0.3 is 20.1 Å². The van der Waals surface area contributed by atoms with Gasteiger partial charge in [-0.25, -0.2) is 4.39 Å². The lowest BCUT2D eigenvalue weighted by Crippen LogP contribution is -2.47. The first-order valence-electron chi connectivity index (χ1n) is 9.68. The van der Waals surface area contributed by atoms with Crippen molar-refractivity contribution in [2.24, 2.45) is 0 Å². The molecule has 0 unspecified atom stereocenters. The average Bonchev–Trinajstić information content (AvgIpc) is 2.74. The molecule has 6 nitrogen and oxygen atoms in total. The standard InChI is InChI=1S/C22H25FN2O4/c1-2-29-19-9-7-18(8-10-19)25-21(27)20(26)24-15-22(11-13-28-14-12-22)16-3-5-17(23)6-4-16/h3-10H,2,11-15H2,1H3,(H,24,26)(H,25,27). The van der Waals surface area contributed by atoms with E-state index in [0.29, 0.717) is 44.1 Å². The number of carbonyl (C=O) groups excluding carboxylic acids is 2. The van der Waals surface area contributed by atoms with E-state index in [2.05, 4.69) is 10.6 Å². The lowest BCUT2D eigenvalue weighted by atomic mass is 9.74. The Morgan fingerprint density at radius 1 is 1.03 bits per heavy atom. The van der Waals surface area contributed by atoms with Gasteiger partial charge in [0.25, 0.3) is 0 Å². The molecule has 0 bridgehead atoms. The number of carbonyl (C=O) groups is 2. The molecule has 0 aromatic heterocycles. The monoisotopic (exact) mass is 400 g/mol. The molecule has 0 aliphatic carbocycles. The maximum atomic E-state index is 13.3. The van der Waals surface area contributed by atoms with Crippen molar-refractivity contribution in [1.29, 1.82) is 0 Å². The zero-order chi connectivity index (χ0) is 20.7. The quantitative estimate of drug-likeness (QED) is 0.731. The lowest BCUT2D eigenvalue weighted by molar-refractivity contribution is -0.136. The third-order valence-corrected chi connectivity index (χ3v) is 5.12. The molecule has 0 saturated carbocycles. The summed E-state index contributed by atoms with van der Waals surface area (Å²) in [5, 5.41) is 5.31. The Balaban J connectivity index is 1.62. The van der Waals surface area contributed by atoms with Gasteiger partial charge in [-0.2, -0.15) is 0 Å². The fraction of sp³-hybridized carbons (Fsp3) is 0.364. The van der Waals surface area contributed by atoms with E-state index in [1.54, 1.807) is 36.4 Å². The van der Waals surface area contributed by atoms with Gasteiger partial charge in [0.1, 0.15) is 11.6 Å². The average molecular weight is 400 g/mol. The van der Waals surface area contributed by atoms with Crippen LogP contribution < -0.4 is 15.4 Å². The molecule has 1 heterocycles.